The molecule has 3 rings (SSSR count). The fourth-order valence-corrected chi connectivity index (χ4v) is 4.35. The Balaban J connectivity index is 2.44. The summed E-state index contributed by atoms with van der Waals surface area (Å²) in [6.45, 7) is 15.8. The molecular formula is C26H30. The molecule has 0 heterocycles. The van der Waals surface area contributed by atoms with Gasteiger partial charge in [-0.3, -0.25) is 0 Å². The van der Waals surface area contributed by atoms with Crippen molar-refractivity contribution in [3.8, 4) is 0 Å². The zero-order chi connectivity index (χ0) is 19.1. The van der Waals surface area contributed by atoms with Gasteiger partial charge in [-0.1, -0.05) is 65.7 Å². The summed E-state index contributed by atoms with van der Waals surface area (Å²) in [6.07, 6.45) is 0. The van der Waals surface area contributed by atoms with E-state index in [1.165, 1.54) is 50.1 Å². The molecule has 0 nitrogen and oxygen atoms in total. The fraction of sp³-hybridized carbons (Fsp3) is 0.308. The smallest absolute Gasteiger partial charge is 0.0428 e. The minimum Gasteiger partial charge on any atom is -0.0622 e. The first-order valence-electron chi connectivity index (χ1n) is 9.47. The van der Waals surface area contributed by atoms with Crippen LogP contribution in [0.1, 0.15) is 57.0 Å². The van der Waals surface area contributed by atoms with Gasteiger partial charge in [-0.15, -0.1) is 0 Å². The Bertz CT molecular complexity index is 888. The molecule has 0 unspecified atom stereocenters. The van der Waals surface area contributed by atoms with E-state index in [2.05, 4.69) is 103 Å². The van der Waals surface area contributed by atoms with Crippen LogP contribution in [-0.2, 0) is 5.41 Å². The Morgan fingerprint density at radius 3 is 1.42 bits per heavy atom. The predicted octanol–water partition coefficient (Wildman–Crippen LogP) is 6.89. The zero-order valence-corrected chi connectivity index (χ0v) is 17.2. The van der Waals surface area contributed by atoms with Gasteiger partial charge in [0.1, 0.15) is 0 Å². The summed E-state index contributed by atoms with van der Waals surface area (Å²) in [4.78, 5) is 0. The maximum absolute atomic E-state index is 2.39. The zero-order valence-electron chi connectivity index (χ0n) is 17.2. The molecule has 0 N–H and O–H groups in total. The van der Waals surface area contributed by atoms with Gasteiger partial charge in [0, 0.05) is 5.41 Å². The van der Waals surface area contributed by atoms with Gasteiger partial charge in [-0.05, 0) is 87.4 Å². The van der Waals surface area contributed by atoms with E-state index in [0.717, 1.165) is 0 Å². The van der Waals surface area contributed by atoms with Crippen LogP contribution in [0.15, 0.2) is 54.6 Å². The summed E-state index contributed by atoms with van der Waals surface area (Å²) in [6, 6.07) is 20.3. The predicted molar refractivity (Wildman–Crippen MR) is 113 cm³/mol. The fourth-order valence-electron chi connectivity index (χ4n) is 4.35. The van der Waals surface area contributed by atoms with Gasteiger partial charge in [0.25, 0.3) is 0 Å². The van der Waals surface area contributed by atoms with E-state index >= 15 is 0 Å². The second-order valence-electron chi connectivity index (χ2n) is 8.00. The van der Waals surface area contributed by atoms with Gasteiger partial charge >= 0.3 is 0 Å². The minimum absolute atomic E-state index is 0.178. The van der Waals surface area contributed by atoms with Crippen LogP contribution in [0.4, 0.5) is 0 Å². The summed E-state index contributed by atoms with van der Waals surface area (Å²) in [5.41, 5.74) is 12.2. The van der Waals surface area contributed by atoms with Gasteiger partial charge in [0.15, 0.2) is 0 Å². The Kier molecular flexibility index (Phi) is 4.80. The lowest BCUT2D eigenvalue weighted by Gasteiger charge is -2.36. The molecule has 0 radical (unpaired) electrons. The average Bonchev–Trinajstić information content (AvgIpc) is 2.61. The van der Waals surface area contributed by atoms with Crippen molar-refractivity contribution in [3.05, 3.63) is 105 Å². The molecule has 0 aromatic heterocycles. The lowest BCUT2D eigenvalue weighted by Crippen LogP contribution is -2.28. The van der Waals surface area contributed by atoms with E-state index in [0.29, 0.717) is 0 Å². The summed E-state index contributed by atoms with van der Waals surface area (Å²) in [5, 5.41) is 0. The Hall–Kier alpha value is -2.34. The Morgan fingerprint density at radius 1 is 0.577 bits per heavy atom. The van der Waals surface area contributed by atoms with Gasteiger partial charge in [0.2, 0.25) is 0 Å². The molecule has 26 heavy (non-hydrogen) atoms. The molecule has 3 aromatic rings. The number of hydrogen-bond acceptors (Lipinski definition) is 0. The first-order valence-corrected chi connectivity index (χ1v) is 9.47. The van der Waals surface area contributed by atoms with Crippen LogP contribution in [0.5, 0.6) is 0 Å². The topological polar surface area (TPSA) is 0 Å². The molecule has 0 fully saturated rings. The van der Waals surface area contributed by atoms with E-state index in [4.69, 9.17) is 0 Å². The summed E-state index contributed by atoms with van der Waals surface area (Å²) >= 11 is 0. The molecule has 0 bridgehead atoms. The van der Waals surface area contributed by atoms with Gasteiger partial charge in [-0.2, -0.15) is 0 Å². The molecule has 0 aliphatic heterocycles. The van der Waals surface area contributed by atoms with Crippen molar-refractivity contribution in [2.75, 3.05) is 0 Å². The molecule has 0 heteroatoms. The highest BCUT2D eigenvalue weighted by atomic mass is 14.4. The van der Waals surface area contributed by atoms with Gasteiger partial charge in [-0.25, -0.2) is 0 Å². The molecule has 134 valence electrons. The highest BCUT2D eigenvalue weighted by Gasteiger charge is 2.34. The van der Waals surface area contributed by atoms with Crippen molar-refractivity contribution < 1.29 is 0 Å². The molecule has 0 saturated carbocycles. The highest BCUT2D eigenvalue weighted by molar-refractivity contribution is 5.58. The number of hydrogen-bond donors (Lipinski definition) is 0. The third kappa shape index (κ3) is 2.98. The molecule has 3 aromatic carbocycles. The summed E-state index contributed by atoms with van der Waals surface area (Å²) in [5.74, 6) is 0. The van der Waals surface area contributed by atoms with Crippen LogP contribution in [0.25, 0.3) is 0 Å². The van der Waals surface area contributed by atoms with Crippen molar-refractivity contribution in [2.45, 2.75) is 53.9 Å². The van der Waals surface area contributed by atoms with E-state index in [1.54, 1.807) is 0 Å². The SMILES string of the molecule is Cc1cc(C)c(C)c(C(C)(c2ccccc2)c2cc(C)cc(C)c2C)c1. The normalized spacial score (nSPS) is 11.7. The monoisotopic (exact) mass is 342 g/mol. The highest BCUT2D eigenvalue weighted by Crippen LogP contribution is 2.43. The standard InChI is InChI=1S/C26H30/c1-17-13-19(3)21(5)24(15-17)26(7,23-11-9-8-10-12-23)25-16-18(2)14-20(4)22(25)6/h8-16H,1-7H3. The third-order valence-corrected chi connectivity index (χ3v) is 6.05. The molecular weight excluding hydrogens is 312 g/mol. The summed E-state index contributed by atoms with van der Waals surface area (Å²) < 4.78 is 0. The summed E-state index contributed by atoms with van der Waals surface area (Å²) in [7, 11) is 0. The molecule has 0 amide bonds. The van der Waals surface area contributed by atoms with E-state index in [9.17, 15) is 0 Å². The van der Waals surface area contributed by atoms with Gasteiger partial charge in [0.05, 0.1) is 0 Å². The molecule has 0 aliphatic carbocycles. The van der Waals surface area contributed by atoms with E-state index < -0.39 is 0 Å². The largest absolute Gasteiger partial charge is 0.0622 e. The van der Waals surface area contributed by atoms with E-state index in [-0.39, 0.29) is 5.41 Å². The Labute approximate surface area is 158 Å². The van der Waals surface area contributed by atoms with Crippen molar-refractivity contribution >= 4 is 0 Å². The molecule has 0 aliphatic rings. The number of benzene rings is 3. The van der Waals surface area contributed by atoms with Crippen molar-refractivity contribution in [3.63, 3.8) is 0 Å². The van der Waals surface area contributed by atoms with Crippen LogP contribution >= 0.6 is 0 Å². The maximum atomic E-state index is 2.39. The molecule has 0 saturated heterocycles. The number of aryl methyl sites for hydroxylation is 4. The van der Waals surface area contributed by atoms with Crippen LogP contribution in [0.3, 0.4) is 0 Å². The van der Waals surface area contributed by atoms with Crippen LogP contribution in [-0.4, -0.2) is 0 Å². The lowest BCUT2D eigenvalue weighted by molar-refractivity contribution is 0.677. The van der Waals surface area contributed by atoms with Crippen molar-refractivity contribution in [1.82, 2.24) is 0 Å². The quantitative estimate of drug-likeness (QED) is 0.454. The first kappa shape index (κ1) is 18.5. The first-order chi connectivity index (χ1) is 12.2. The lowest BCUT2D eigenvalue weighted by atomic mass is 9.67. The average molecular weight is 343 g/mol. The van der Waals surface area contributed by atoms with E-state index in [1.807, 2.05) is 0 Å². The Morgan fingerprint density at radius 2 is 1.00 bits per heavy atom. The van der Waals surface area contributed by atoms with Crippen molar-refractivity contribution in [1.29, 1.82) is 0 Å². The van der Waals surface area contributed by atoms with Crippen LogP contribution in [0, 0.1) is 41.5 Å². The molecule has 0 spiro atoms. The minimum atomic E-state index is -0.178. The third-order valence-electron chi connectivity index (χ3n) is 6.05. The molecule has 0 atom stereocenters. The number of rotatable bonds is 3. The maximum Gasteiger partial charge on any atom is 0.0428 e. The van der Waals surface area contributed by atoms with Crippen LogP contribution < -0.4 is 0 Å². The van der Waals surface area contributed by atoms with Crippen molar-refractivity contribution in [2.24, 2.45) is 0 Å². The van der Waals surface area contributed by atoms with Crippen LogP contribution in [0.2, 0.25) is 0 Å². The van der Waals surface area contributed by atoms with Gasteiger partial charge < -0.3 is 0 Å². The second-order valence-corrected chi connectivity index (χ2v) is 8.00. The second kappa shape index (κ2) is 6.76.